The summed E-state index contributed by atoms with van der Waals surface area (Å²) in [6.45, 7) is 1.85. The summed E-state index contributed by atoms with van der Waals surface area (Å²) in [5, 5.41) is 19.9. The van der Waals surface area contributed by atoms with Gasteiger partial charge in [0.15, 0.2) is 5.60 Å². The number of nitrogens with zero attached hydrogens (tertiary/aromatic N) is 1. The molecule has 0 radical (unpaired) electrons. The van der Waals surface area contributed by atoms with Gasteiger partial charge in [-0.2, -0.15) is 0 Å². The van der Waals surface area contributed by atoms with Crippen LogP contribution in [-0.4, -0.2) is 28.2 Å². The minimum absolute atomic E-state index is 0.0351. The van der Waals surface area contributed by atoms with E-state index in [1.807, 2.05) is 0 Å². The summed E-state index contributed by atoms with van der Waals surface area (Å²) in [5.41, 5.74) is -0.714. The van der Waals surface area contributed by atoms with Gasteiger partial charge in [0.2, 0.25) is 0 Å². The van der Waals surface area contributed by atoms with Crippen molar-refractivity contribution in [3.05, 3.63) is 39.9 Å². The highest BCUT2D eigenvalue weighted by molar-refractivity contribution is 5.79. The monoisotopic (exact) mass is 251 g/mol. The number of non-ortho nitro benzene ring substituents is 1. The van der Waals surface area contributed by atoms with Crippen LogP contribution in [0.4, 0.5) is 5.69 Å². The third-order valence-electron chi connectivity index (χ3n) is 3.38. The Morgan fingerprint density at radius 3 is 2.94 bits per heavy atom. The molecule has 0 aromatic heterocycles. The largest absolute Gasteiger partial charge is 0.479 e. The Bertz CT molecular complexity index is 501. The van der Waals surface area contributed by atoms with Crippen LogP contribution in [0.5, 0.6) is 0 Å². The summed E-state index contributed by atoms with van der Waals surface area (Å²) in [5.74, 6) is -1.41. The molecule has 0 saturated carbocycles. The van der Waals surface area contributed by atoms with E-state index < -0.39 is 16.5 Å². The first-order chi connectivity index (χ1) is 8.45. The third-order valence-corrected chi connectivity index (χ3v) is 3.38. The molecule has 0 spiro atoms. The second kappa shape index (κ2) is 4.38. The van der Waals surface area contributed by atoms with E-state index in [0.717, 1.165) is 0 Å². The Balaban J connectivity index is 2.39. The van der Waals surface area contributed by atoms with E-state index in [9.17, 15) is 20.0 Å². The summed E-state index contributed by atoms with van der Waals surface area (Å²) in [4.78, 5) is 21.5. The molecule has 0 unspecified atom stereocenters. The molecule has 1 aromatic rings. The molecule has 0 bridgehead atoms. The van der Waals surface area contributed by atoms with Crippen molar-refractivity contribution in [2.24, 2.45) is 0 Å². The van der Waals surface area contributed by atoms with Crippen molar-refractivity contribution in [2.45, 2.75) is 24.9 Å². The fourth-order valence-corrected chi connectivity index (χ4v) is 2.32. The van der Waals surface area contributed by atoms with Gasteiger partial charge in [0, 0.05) is 24.7 Å². The number of carbonyl (C=O) groups is 1. The maximum Gasteiger partial charge on any atom is 0.336 e. The maximum absolute atomic E-state index is 11.3. The minimum Gasteiger partial charge on any atom is -0.479 e. The van der Waals surface area contributed by atoms with Gasteiger partial charge in [-0.3, -0.25) is 10.1 Å². The van der Waals surface area contributed by atoms with E-state index in [2.05, 4.69) is 0 Å². The molecule has 6 heteroatoms. The van der Waals surface area contributed by atoms with E-state index in [1.54, 1.807) is 12.1 Å². The molecule has 2 rings (SSSR count). The summed E-state index contributed by atoms with van der Waals surface area (Å²) in [6, 6.07) is 6.07. The molecule has 2 atom stereocenters. The maximum atomic E-state index is 11.3. The lowest BCUT2D eigenvalue weighted by Crippen LogP contribution is -2.39. The van der Waals surface area contributed by atoms with Crippen molar-refractivity contribution < 1.29 is 19.6 Å². The molecular weight excluding hydrogens is 238 g/mol. The van der Waals surface area contributed by atoms with Gasteiger partial charge in [-0.05, 0) is 18.9 Å². The number of nitro benzene ring substituents is 1. The van der Waals surface area contributed by atoms with Gasteiger partial charge < -0.3 is 9.84 Å². The molecule has 6 nitrogen and oxygen atoms in total. The second-order valence-corrected chi connectivity index (χ2v) is 4.45. The van der Waals surface area contributed by atoms with E-state index in [4.69, 9.17) is 4.74 Å². The van der Waals surface area contributed by atoms with Gasteiger partial charge in [0.05, 0.1) is 4.92 Å². The average molecular weight is 251 g/mol. The van der Waals surface area contributed by atoms with E-state index in [0.29, 0.717) is 18.6 Å². The molecule has 0 aliphatic carbocycles. The quantitative estimate of drug-likeness (QED) is 0.655. The smallest absolute Gasteiger partial charge is 0.336 e. The fraction of sp³-hybridized carbons (Fsp3) is 0.417. The highest BCUT2D eigenvalue weighted by Crippen LogP contribution is 2.40. The van der Waals surface area contributed by atoms with Crippen LogP contribution in [0.3, 0.4) is 0 Å². The molecular formula is C12H13NO5. The first kappa shape index (κ1) is 12.5. The van der Waals surface area contributed by atoms with Crippen LogP contribution in [0.1, 0.15) is 24.8 Å². The van der Waals surface area contributed by atoms with Gasteiger partial charge in [-0.15, -0.1) is 0 Å². The van der Waals surface area contributed by atoms with Crippen molar-refractivity contribution in [1.82, 2.24) is 0 Å². The van der Waals surface area contributed by atoms with E-state index in [1.165, 1.54) is 19.1 Å². The molecule has 1 aromatic carbocycles. The zero-order chi connectivity index (χ0) is 13.3. The number of carboxylic acid groups (broad SMARTS) is 1. The van der Waals surface area contributed by atoms with Crippen molar-refractivity contribution >= 4 is 11.7 Å². The van der Waals surface area contributed by atoms with Crippen molar-refractivity contribution in [3.8, 4) is 0 Å². The van der Waals surface area contributed by atoms with Crippen molar-refractivity contribution in [1.29, 1.82) is 0 Å². The van der Waals surface area contributed by atoms with Gasteiger partial charge in [-0.25, -0.2) is 4.79 Å². The second-order valence-electron chi connectivity index (χ2n) is 4.45. The molecule has 1 N–H and O–H groups in total. The number of nitro groups is 1. The predicted octanol–water partition coefficient (Wildman–Crippen LogP) is 1.94. The van der Waals surface area contributed by atoms with Crippen LogP contribution in [0.2, 0.25) is 0 Å². The topological polar surface area (TPSA) is 89.7 Å². The Morgan fingerprint density at radius 1 is 1.61 bits per heavy atom. The molecule has 1 aliphatic heterocycles. The van der Waals surface area contributed by atoms with Crippen molar-refractivity contribution in [3.63, 3.8) is 0 Å². The van der Waals surface area contributed by atoms with E-state index in [-0.39, 0.29) is 11.6 Å². The van der Waals surface area contributed by atoms with Crippen molar-refractivity contribution in [2.75, 3.05) is 6.61 Å². The molecule has 1 saturated heterocycles. The van der Waals surface area contributed by atoms with Crippen LogP contribution >= 0.6 is 0 Å². The zero-order valence-corrected chi connectivity index (χ0v) is 9.83. The lowest BCUT2D eigenvalue weighted by molar-refractivity contribution is -0.384. The number of aliphatic carboxylic acids is 1. The third kappa shape index (κ3) is 1.95. The van der Waals surface area contributed by atoms with E-state index >= 15 is 0 Å². The molecule has 1 fully saturated rings. The normalized spacial score (nSPS) is 27.1. The number of hydrogen-bond donors (Lipinski definition) is 1. The Kier molecular flexibility index (Phi) is 3.04. The first-order valence-corrected chi connectivity index (χ1v) is 5.57. The standard InChI is InChI=1S/C12H13NO5/c1-12(11(14)15)10(5-6-18-12)8-3-2-4-9(7-8)13(16)17/h2-4,7,10H,5-6H2,1H3,(H,14,15)/t10-,12+/m1/s1. The number of hydrogen-bond acceptors (Lipinski definition) is 4. The Morgan fingerprint density at radius 2 is 2.33 bits per heavy atom. The SMILES string of the molecule is C[C@]1(C(=O)O)OCC[C@@H]1c1cccc([N+](=O)[O-])c1. The zero-order valence-electron chi connectivity index (χ0n) is 9.83. The molecule has 1 heterocycles. The van der Waals surface area contributed by atoms with Gasteiger partial charge in [-0.1, -0.05) is 12.1 Å². The van der Waals surface area contributed by atoms with Crippen LogP contribution < -0.4 is 0 Å². The molecule has 1 aliphatic rings. The Labute approximate surface area is 103 Å². The lowest BCUT2D eigenvalue weighted by atomic mass is 9.83. The number of carboxylic acids is 1. The average Bonchev–Trinajstić information content (AvgIpc) is 2.73. The summed E-state index contributed by atoms with van der Waals surface area (Å²) in [6.07, 6.45) is 0.546. The molecule has 96 valence electrons. The first-order valence-electron chi connectivity index (χ1n) is 5.57. The lowest BCUT2D eigenvalue weighted by Gasteiger charge is -2.25. The Hall–Kier alpha value is -1.95. The minimum atomic E-state index is -1.31. The summed E-state index contributed by atoms with van der Waals surface area (Å²) < 4.78 is 5.30. The van der Waals surface area contributed by atoms with Gasteiger partial charge >= 0.3 is 5.97 Å². The highest BCUT2D eigenvalue weighted by Gasteiger charge is 2.47. The molecule has 18 heavy (non-hydrogen) atoms. The fourth-order valence-electron chi connectivity index (χ4n) is 2.32. The number of benzene rings is 1. The summed E-state index contributed by atoms with van der Waals surface area (Å²) in [7, 11) is 0. The van der Waals surface area contributed by atoms with Crippen LogP contribution in [0.15, 0.2) is 24.3 Å². The predicted molar refractivity (Wildman–Crippen MR) is 62.4 cm³/mol. The molecule has 0 amide bonds. The number of rotatable bonds is 3. The van der Waals surface area contributed by atoms with Crippen LogP contribution in [0.25, 0.3) is 0 Å². The number of ether oxygens (including phenoxy) is 1. The van der Waals surface area contributed by atoms with Crippen LogP contribution in [-0.2, 0) is 9.53 Å². The van der Waals surface area contributed by atoms with Gasteiger partial charge in [0.1, 0.15) is 0 Å². The van der Waals surface area contributed by atoms with Gasteiger partial charge in [0.25, 0.3) is 5.69 Å². The van der Waals surface area contributed by atoms with Crippen LogP contribution in [0, 0.1) is 10.1 Å². The summed E-state index contributed by atoms with van der Waals surface area (Å²) >= 11 is 0. The highest BCUT2D eigenvalue weighted by atomic mass is 16.6.